The molecule has 3 rings (SSSR count). The van der Waals surface area contributed by atoms with Crippen molar-refractivity contribution in [2.24, 2.45) is 7.05 Å². The number of rotatable bonds is 3. The minimum atomic E-state index is -0.350. The molecule has 3 aromatic rings. The molecule has 25 heavy (non-hydrogen) atoms. The van der Waals surface area contributed by atoms with Crippen LogP contribution in [0.5, 0.6) is 0 Å². The van der Waals surface area contributed by atoms with Crippen LogP contribution in [0.3, 0.4) is 0 Å². The van der Waals surface area contributed by atoms with Crippen molar-refractivity contribution in [2.45, 2.75) is 20.4 Å². The summed E-state index contributed by atoms with van der Waals surface area (Å²) in [6.07, 6.45) is 0. The van der Waals surface area contributed by atoms with Crippen molar-refractivity contribution >= 4 is 22.6 Å². The van der Waals surface area contributed by atoms with Gasteiger partial charge in [-0.3, -0.25) is 14.3 Å². The molecule has 1 N–H and O–H groups in total. The summed E-state index contributed by atoms with van der Waals surface area (Å²) in [5.74, 6) is -0.350. The Morgan fingerprint density at radius 3 is 2.80 bits per heavy atom. The molecule has 0 radical (unpaired) electrons. The Bertz CT molecular complexity index is 1090. The van der Waals surface area contributed by atoms with Gasteiger partial charge in [0.1, 0.15) is 6.54 Å². The van der Waals surface area contributed by atoms with E-state index in [4.69, 9.17) is 5.26 Å². The Labute approximate surface area is 144 Å². The summed E-state index contributed by atoms with van der Waals surface area (Å²) >= 11 is 0. The zero-order chi connectivity index (χ0) is 18.1. The van der Waals surface area contributed by atoms with E-state index >= 15 is 0 Å². The molecular formula is C18H17N5O2. The SMILES string of the molecule is Cc1cc(C)c2c(=O)n(CC(=O)Nc3cccc(C#N)c3)n(C)c2n1. The maximum Gasteiger partial charge on any atom is 0.277 e. The molecule has 0 bridgehead atoms. The normalized spacial score (nSPS) is 10.6. The highest BCUT2D eigenvalue weighted by Gasteiger charge is 2.17. The molecule has 7 heteroatoms. The first-order valence-corrected chi connectivity index (χ1v) is 7.74. The predicted molar refractivity (Wildman–Crippen MR) is 94.2 cm³/mol. The van der Waals surface area contributed by atoms with E-state index in [-0.39, 0.29) is 18.0 Å². The number of hydrogen-bond acceptors (Lipinski definition) is 4. The molecular weight excluding hydrogens is 318 g/mol. The Balaban J connectivity index is 1.93. The number of hydrogen-bond donors (Lipinski definition) is 1. The van der Waals surface area contributed by atoms with Crippen LogP contribution in [0.25, 0.3) is 11.0 Å². The minimum Gasteiger partial charge on any atom is -0.324 e. The van der Waals surface area contributed by atoms with Crippen molar-refractivity contribution in [1.82, 2.24) is 14.3 Å². The summed E-state index contributed by atoms with van der Waals surface area (Å²) in [6, 6.07) is 10.5. The Morgan fingerprint density at radius 1 is 1.32 bits per heavy atom. The van der Waals surface area contributed by atoms with Gasteiger partial charge in [-0.05, 0) is 43.7 Å². The van der Waals surface area contributed by atoms with Crippen molar-refractivity contribution in [1.29, 1.82) is 5.26 Å². The van der Waals surface area contributed by atoms with Crippen molar-refractivity contribution in [3.8, 4) is 6.07 Å². The van der Waals surface area contributed by atoms with Crippen molar-refractivity contribution < 1.29 is 4.79 Å². The van der Waals surface area contributed by atoms with E-state index in [0.717, 1.165) is 11.3 Å². The van der Waals surface area contributed by atoms with E-state index in [1.54, 1.807) is 36.0 Å². The minimum absolute atomic E-state index is 0.138. The van der Waals surface area contributed by atoms with Crippen molar-refractivity contribution in [3.05, 3.63) is 57.5 Å². The fourth-order valence-electron chi connectivity index (χ4n) is 2.88. The van der Waals surface area contributed by atoms with Crippen LogP contribution in [-0.2, 0) is 18.4 Å². The van der Waals surface area contributed by atoms with E-state index in [2.05, 4.69) is 10.3 Å². The molecule has 0 unspecified atom stereocenters. The lowest BCUT2D eigenvalue weighted by Gasteiger charge is -2.08. The molecule has 2 aromatic heterocycles. The molecule has 0 atom stereocenters. The second kappa shape index (κ2) is 6.24. The number of aromatic nitrogens is 3. The molecule has 126 valence electrons. The molecule has 1 amide bonds. The fraction of sp³-hybridized carbons (Fsp3) is 0.222. The first-order valence-electron chi connectivity index (χ1n) is 7.74. The van der Waals surface area contributed by atoms with Gasteiger partial charge < -0.3 is 5.32 Å². The number of amides is 1. The van der Waals surface area contributed by atoms with Crippen LogP contribution < -0.4 is 10.9 Å². The van der Waals surface area contributed by atoms with Crippen LogP contribution >= 0.6 is 0 Å². The number of aryl methyl sites for hydroxylation is 3. The van der Waals surface area contributed by atoms with Crippen LogP contribution in [0.4, 0.5) is 5.69 Å². The number of nitrogens with one attached hydrogen (secondary N) is 1. The lowest BCUT2D eigenvalue weighted by Crippen LogP contribution is -2.29. The number of pyridine rings is 1. The topological polar surface area (TPSA) is 92.7 Å². The molecule has 0 aliphatic carbocycles. The van der Waals surface area contributed by atoms with E-state index in [1.807, 2.05) is 26.0 Å². The Morgan fingerprint density at radius 2 is 2.08 bits per heavy atom. The largest absolute Gasteiger partial charge is 0.324 e. The maximum atomic E-state index is 12.6. The quantitative estimate of drug-likeness (QED) is 0.790. The van der Waals surface area contributed by atoms with Crippen LogP contribution in [-0.4, -0.2) is 20.3 Å². The van der Waals surface area contributed by atoms with Gasteiger partial charge in [-0.25, -0.2) is 9.67 Å². The van der Waals surface area contributed by atoms with Crippen LogP contribution in [0, 0.1) is 25.2 Å². The number of anilines is 1. The maximum absolute atomic E-state index is 12.6. The number of benzene rings is 1. The smallest absolute Gasteiger partial charge is 0.277 e. The van der Waals surface area contributed by atoms with Gasteiger partial charge in [0.15, 0.2) is 5.65 Å². The fourth-order valence-corrected chi connectivity index (χ4v) is 2.88. The number of carbonyl (C=O) groups excluding carboxylic acids is 1. The van der Waals surface area contributed by atoms with Crippen LogP contribution in [0.1, 0.15) is 16.8 Å². The van der Waals surface area contributed by atoms with Gasteiger partial charge >= 0.3 is 0 Å². The molecule has 2 heterocycles. The molecule has 7 nitrogen and oxygen atoms in total. The van der Waals surface area contributed by atoms with Gasteiger partial charge in [-0.15, -0.1) is 0 Å². The number of nitrogens with zero attached hydrogens (tertiary/aromatic N) is 4. The average Bonchev–Trinajstić information content (AvgIpc) is 2.80. The Kier molecular flexibility index (Phi) is 4.11. The van der Waals surface area contributed by atoms with Gasteiger partial charge in [-0.2, -0.15) is 5.26 Å². The van der Waals surface area contributed by atoms with E-state index < -0.39 is 0 Å². The third kappa shape index (κ3) is 3.02. The third-order valence-corrected chi connectivity index (χ3v) is 4.01. The summed E-state index contributed by atoms with van der Waals surface area (Å²) in [5.41, 5.74) is 2.93. The van der Waals surface area contributed by atoms with Gasteiger partial charge in [-0.1, -0.05) is 6.07 Å². The highest BCUT2D eigenvalue weighted by Crippen LogP contribution is 2.15. The van der Waals surface area contributed by atoms with Crippen molar-refractivity contribution in [3.63, 3.8) is 0 Å². The Hall–Kier alpha value is -3.40. The molecule has 0 spiro atoms. The molecule has 1 aromatic carbocycles. The molecule has 0 aliphatic heterocycles. The highest BCUT2D eigenvalue weighted by atomic mass is 16.2. The highest BCUT2D eigenvalue weighted by molar-refractivity contribution is 5.91. The summed E-state index contributed by atoms with van der Waals surface area (Å²) in [5, 5.41) is 12.1. The number of nitriles is 1. The van der Waals surface area contributed by atoms with Gasteiger partial charge in [0.05, 0.1) is 17.0 Å². The molecule has 0 saturated carbocycles. The first kappa shape index (κ1) is 16.5. The number of fused-ring (bicyclic) bond motifs is 1. The van der Waals surface area contributed by atoms with E-state index in [9.17, 15) is 9.59 Å². The zero-order valence-corrected chi connectivity index (χ0v) is 14.2. The van der Waals surface area contributed by atoms with Gasteiger partial charge in [0, 0.05) is 18.4 Å². The molecule has 0 saturated heterocycles. The third-order valence-electron chi connectivity index (χ3n) is 4.01. The summed E-state index contributed by atoms with van der Waals surface area (Å²) < 4.78 is 2.95. The average molecular weight is 335 g/mol. The van der Waals surface area contributed by atoms with E-state index in [1.165, 1.54) is 4.68 Å². The second-order valence-corrected chi connectivity index (χ2v) is 5.91. The standard InChI is InChI=1S/C18H17N5O2/c1-11-7-12(2)20-17-16(11)18(25)23(22(17)3)10-15(24)21-14-6-4-5-13(8-14)9-19/h4-8H,10H2,1-3H3,(H,21,24). The van der Waals surface area contributed by atoms with Crippen molar-refractivity contribution in [2.75, 3.05) is 5.32 Å². The lowest BCUT2D eigenvalue weighted by molar-refractivity contribution is -0.117. The molecule has 0 aliphatic rings. The second-order valence-electron chi connectivity index (χ2n) is 5.91. The predicted octanol–water partition coefficient (Wildman–Crippen LogP) is 1.86. The van der Waals surface area contributed by atoms with E-state index in [0.29, 0.717) is 22.3 Å². The first-order chi connectivity index (χ1) is 11.9. The molecule has 0 fully saturated rings. The van der Waals surface area contributed by atoms with Crippen LogP contribution in [0.2, 0.25) is 0 Å². The summed E-state index contributed by atoms with van der Waals surface area (Å²) in [4.78, 5) is 29.4. The number of carbonyl (C=O) groups is 1. The monoisotopic (exact) mass is 335 g/mol. The lowest BCUT2D eigenvalue weighted by atomic mass is 10.2. The summed E-state index contributed by atoms with van der Waals surface area (Å²) in [6.45, 7) is 3.58. The zero-order valence-electron chi connectivity index (χ0n) is 14.2. The van der Waals surface area contributed by atoms with Gasteiger partial charge in [0.2, 0.25) is 5.91 Å². The van der Waals surface area contributed by atoms with Crippen LogP contribution in [0.15, 0.2) is 35.1 Å². The summed E-state index contributed by atoms with van der Waals surface area (Å²) in [7, 11) is 1.71. The van der Waals surface area contributed by atoms with Gasteiger partial charge in [0.25, 0.3) is 5.56 Å².